The Morgan fingerprint density at radius 1 is 1.06 bits per heavy atom. The highest BCUT2D eigenvalue weighted by Crippen LogP contribution is 2.47. The molecule has 4 aliphatic rings. The number of aromatic nitrogens is 1. The van der Waals surface area contributed by atoms with Gasteiger partial charge in [-0.3, -0.25) is 9.69 Å². The fourth-order valence-corrected chi connectivity index (χ4v) is 5.92. The number of pyridine rings is 1. The van der Waals surface area contributed by atoms with Crippen LogP contribution >= 0.6 is 0 Å². The number of anilines is 1. The maximum atomic E-state index is 12.8. The topological polar surface area (TPSA) is 66.0 Å². The van der Waals surface area contributed by atoms with E-state index >= 15 is 0 Å². The van der Waals surface area contributed by atoms with Gasteiger partial charge in [0.2, 0.25) is 5.91 Å². The lowest BCUT2D eigenvalue weighted by Gasteiger charge is -2.48. The first-order valence-corrected chi connectivity index (χ1v) is 12.5. The molecule has 1 spiro atoms. The summed E-state index contributed by atoms with van der Waals surface area (Å²) in [6, 6.07) is 4.25. The highest BCUT2D eigenvalue weighted by Gasteiger charge is 2.45. The summed E-state index contributed by atoms with van der Waals surface area (Å²) in [5, 5.41) is 0. The summed E-state index contributed by atoms with van der Waals surface area (Å²) in [7, 11) is 0. The van der Waals surface area contributed by atoms with E-state index in [1.54, 1.807) is 0 Å². The normalized spacial score (nSPS) is 23.8. The minimum absolute atomic E-state index is 0.160. The Morgan fingerprint density at radius 2 is 1.78 bits per heavy atom. The first kappa shape index (κ1) is 21.7. The van der Waals surface area contributed by atoms with Gasteiger partial charge in [-0.1, -0.05) is 6.07 Å². The summed E-state index contributed by atoms with van der Waals surface area (Å²) in [5.41, 5.74) is 1.45. The van der Waals surface area contributed by atoms with Crippen LogP contribution in [0.2, 0.25) is 0 Å². The number of carbonyl (C=O) groups excluding carboxylic acids is 2. The van der Waals surface area contributed by atoms with Crippen molar-refractivity contribution in [2.75, 3.05) is 50.8 Å². The quantitative estimate of drug-likeness (QED) is 0.718. The van der Waals surface area contributed by atoms with Crippen molar-refractivity contribution >= 4 is 17.8 Å². The van der Waals surface area contributed by atoms with Crippen LogP contribution < -0.4 is 4.90 Å². The first-order chi connectivity index (χ1) is 15.6. The molecule has 1 aromatic rings. The molecule has 1 saturated carbocycles. The molecule has 0 atom stereocenters. The molecule has 174 valence electrons. The lowest BCUT2D eigenvalue weighted by atomic mass is 9.68. The van der Waals surface area contributed by atoms with Crippen molar-refractivity contribution in [3.63, 3.8) is 0 Å². The maximum absolute atomic E-state index is 12.8. The van der Waals surface area contributed by atoms with Gasteiger partial charge in [-0.25, -0.2) is 9.78 Å². The Bertz CT molecular complexity index is 839. The van der Waals surface area contributed by atoms with Gasteiger partial charge >= 0.3 is 6.09 Å². The Balaban J connectivity index is 1.18. The minimum atomic E-state index is -0.162. The summed E-state index contributed by atoms with van der Waals surface area (Å²) in [6.07, 6.45) is 9.20. The zero-order valence-electron chi connectivity index (χ0n) is 19.3. The van der Waals surface area contributed by atoms with Gasteiger partial charge < -0.3 is 14.5 Å². The van der Waals surface area contributed by atoms with Crippen molar-refractivity contribution in [3.8, 4) is 0 Å². The summed E-state index contributed by atoms with van der Waals surface area (Å²) >= 11 is 0. The third kappa shape index (κ3) is 4.24. The van der Waals surface area contributed by atoms with Gasteiger partial charge in [0.25, 0.3) is 0 Å². The molecule has 7 heteroatoms. The molecule has 0 unspecified atom stereocenters. The van der Waals surface area contributed by atoms with Crippen molar-refractivity contribution in [2.24, 2.45) is 11.8 Å². The molecule has 7 nitrogen and oxygen atoms in total. The summed E-state index contributed by atoms with van der Waals surface area (Å²) in [5.74, 6) is 2.10. The number of nitrogens with zero attached hydrogens (tertiary/aromatic N) is 4. The van der Waals surface area contributed by atoms with Crippen molar-refractivity contribution in [3.05, 3.63) is 23.9 Å². The van der Waals surface area contributed by atoms with Crippen LogP contribution in [-0.4, -0.2) is 72.7 Å². The molecule has 1 aromatic heterocycles. The summed E-state index contributed by atoms with van der Waals surface area (Å²) in [4.78, 5) is 35.9. The van der Waals surface area contributed by atoms with E-state index in [-0.39, 0.29) is 23.3 Å². The van der Waals surface area contributed by atoms with E-state index in [0.29, 0.717) is 12.5 Å². The number of hydrogen-bond donors (Lipinski definition) is 0. The van der Waals surface area contributed by atoms with Crippen molar-refractivity contribution < 1.29 is 14.3 Å². The largest absolute Gasteiger partial charge is 0.450 e. The molecule has 0 N–H and O–H groups in total. The van der Waals surface area contributed by atoms with E-state index < -0.39 is 0 Å². The molecule has 0 bridgehead atoms. The predicted molar refractivity (Wildman–Crippen MR) is 123 cm³/mol. The first-order valence-electron chi connectivity index (χ1n) is 12.5. The molecule has 1 aliphatic carbocycles. The van der Waals surface area contributed by atoms with Crippen LogP contribution in [0.1, 0.15) is 57.4 Å². The molecule has 3 aliphatic heterocycles. The fraction of sp³-hybridized carbons (Fsp3) is 0.720. The Hall–Kier alpha value is -2.15. The van der Waals surface area contributed by atoms with E-state index in [1.165, 1.54) is 5.56 Å². The number of rotatable bonds is 4. The third-order valence-electron chi connectivity index (χ3n) is 8.09. The number of likely N-dealkylation sites (tertiary alicyclic amines) is 2. The summed E-state index contributed by atoms with van der Waals surface area (Å²) in [6.45, 7) is 8.06. The number of fused-ring (bicyclic) bond motifs is 2. The molecule has 3 fully saturated rings. The highest BCUT2D eigenvalue weighted by molar-refractivity contribution is 5.96. The number of amides is 2. The fourth-order valence-electron chi connectivity index (χ4n) is 5.92. The molecule has 5 rings (SSSR count). The monoisotopic (exact) mass is 440 g/mol. The van der Waals surface area contributed by atoms with Crippen molar-refractivity contribution in [2.45, 2.75) is 57.3 Å². The molecule has 2 amide bonds. The van der Waals surface area contributed by atoms with Gasteiger partial charge in [0.05, 0.1) is 6.61 Å². The molecule has 4 heterocycles. The van der Waals surface area contributed by atoms with E-state index in [0.717, 1.165) is 90.0 Å². The SMILES string of the molecule is CCOC(=O)N1CCC(CN2CCC3(CC2)CCN(C(=O)C2CC2)c2ncccc23)CC1. The van der Waals surface area contributed by atoms with E-state index in [1.807, 2.05) is 29.0 Å². The Labute approximate surface area is 191 Å². The smallest absolute Gasteiger partial charge is 0.409 e. The second-order valence-electron chi connectivity index (χ2n) is 10.1. The Morgan fingerprint density at radius 3 is 2.47 bits per heavy atom. The molecule has 0 aromatic carbocycles. The number of carbonyl (C=O) groups is 2. The van der Waals surface area contributed by atoms with Gasteiger partial charge in [-0.2, -0.15) is 0 Å². The van der Waals surface area contributed by atoms with E-state index in [2.05, 4.69) is 16.0 Å². The second-order valence-corrected chi connectivity index (χ2v) is 10.1. The van der Waals surface area contributed by atoms with Gasteiger partial charge in [0.15, 0.2) is 0 Å². The minimum Gasteiger partial charge on any atom is -0.450 e. The van der Waals surface area contributed by atoms with Gasteiger partial charge in [-0.15, -0.1) is 0 Å². The van der Waals surface area contributed by atoms with Crippen LogP contribution in [0, 0.1) is 11.8 Å². The van der Waals surface area contributed by atoms with Crippen LogP contribution in [0.15, 0.2) is 18.3 Å². The van der Waals surface area contributed by atoms with Crippen LogP contribution in [0.3, 0.4) is 0 Å². The third-order valence-corrected chi connectivity index (χ3v) is 8.09. The number of piperidine rings is 2. The lowest BCUT2D eigenvalue weighted by molar-refractivity contribution is -0.120. The van der Waals surface area contributed by atoms with Crippen LogP contribution in [-0.2, 0) is 14.9 Å². The lowest BCUT2D eigenvalue weighted by Crippen LogP contribution is -2.50. The van der Waals surface area contributed by atoms with Gasteiger partial charge in [0, 0.05) is 49.3 Å². The van der Waals surface area contributed by atoms with E-state index in [4.69, 9.17) is 4.74 Å². The van der Waals surface area contributed by atoms with Gasteiger partial charge in [-0.05, 0) is 76.9 Å². The maximum Gasteiger partial charge on any atom is 0.409 e. The van der Waals surface area contributed by atoms with Gasteiger partial charge in [0.1, 0.15) is 5.82 Å². The predicted octanol–water partition coefficient (Wildman–Crippen LogP) is 3.43. The zero-order valence-corrected chi connectivity index (χ0v) is 19.3. The molecular weight excluding hydrogens is 404 g/mol. The molecule has 0 radical (unpaired) electrons. The molecule has 32 heavy (non-hydrogen) atoms. The Kier molecular flexibility index (Phi) is 6.10. The van der Waals surface area contributed by atoms with Crippen LogP contribution in [0.25, 0.3) is 0 Å². The van der Waals surface area contributed by atoms with Crippen molar-refractivity contribution in [1.29, 1.82) is 0 Å². The highest BCUT2D eigenvalue weighted by atomic mass is 16.6. The molecule has 2 saturated heterocycles. The average Bonchev–Trinajstić information content (AvgIpc) is 3.67. The number of ether oxygens (including phenoxy) is 1. The van der Waals surface area contributed by atoms with E-state index in [9.17, 15) is 9.59 Å². The standard InChI is InChI=1S/C25H36N4O3/c1-2-32-24(31)28-13-7-19(8-14-28)18-27-15-9-25(10-16-27)11-17-29(23(30)20-5-6-20)22-21(25)4-3-12-26-22/h3-4,12,19-20H,2,5-11,13-18H2,1H3. The average molecular weight is 441 g/mol. The molecular formula is C25H36N4O3. The van der Waals surface area contributed by atoms with Crippen LogP contribution in [0.5, 0.6) is 0 Å². The zero-order chi connectivity index (χ0) is 22.1. The summed E-state index contributed by atoms with van der Waals surface area (Å²) < 4.78 is 5.14. The van der Waals surface area contributed by atoms with Crippen molar-refractivity contribution in [1.82, 2.24) is 14.8 Å². The second kappa shape index (κ2) is 9.00. The van der Waals surface area contributed by atoms with Crippen LogP contribution in [0.4, 0.5) is 10.6 Å². The number of hydrogen-bond acceptors (Lipinski definition) is 5.